The molecular formula is C10H18O3. The highest BCUT2D eigenvalue weighted by Crippen LogP contribution is 2.47. The summed E-state index contributed by atoms with van der Waals surface area (Å²) in [6, 6.07) is 0. The molecule has 3 heteroatoms. The molecule has 0 bridgehead atoms. The lowest BCUT2D eigenvalue weighted by Crippen LogP contribution is -2.36. The summed E-state index contributed by atoms with van der Waals surface area (Å²) in [4.78, 5) is 10.7. The van der Waals surface area contributed by atoms with Crippen molar-refractivity contribution < 1.29 is 14.6 Å². The Morgan fingerprint density at radius 2 is 2.23 bits per heavy atom. The van der Waals surface area contributed by atoms with Crippen LogP contribution >= 0.6 is 0 Å². The van der Waals surface area contributed by atoms with E-state index in [2.05, 4.69) is 6.92 Å². The van der Waals surface area contributed by atoms with E-state index in [4.69, 9.17) is 9.84 Å². The smallest absolute Gasteiger partial charge is 0.332 e. The Morgan fingerprint density at radius 1 is 1.62 bits per heavy atom. The molecule has 76 valence electrons. The van der Waals surface area contributed by atoms with E-state index >= 15 is 0 Å². The largest absolute Gasteiger partial charge is 0.479 e. The summed E-state index contributed by atoms with van der Waals surface area (Å²) in [6.45, 7) is 2.13. The fraction of sp³-hybridized carbons (Fsp3) is 0.900. The van der Waals surface area contributed by atoms with Crippen LogP contribution in [0.1, 0.15) is 39.0 Å². The van der Waals surface area contributed by atoms with Gasteiger partial charge in [0.15, 0.2) is 6.10 Å². The molecule has 0 aliphatic heterocycles. The zero-order chi connectivity index (χ0) is 9.90. The molecule has 0 aromatic heterocycles. The predicted octanol–water partition coefficient (Wildman–Crippen LogP) is 2.06. The van der Waals surface area contributed by atoms with Crippen molar-refractivity contribution in [1.29, 1.82) is 0 Å². The maximum absolute atomic E-state index is 10.7. The quantitative estimate of drug-likeness (QED) is 0.714. The molecule has 1 aliphatic carbocycles. The Balaban J connectivity index is 2.48. The molecular weight excluding hydrogens is 168 g/mol. The molecule has 1 fully saturated rings. The Morgan fingerprint density at radius 3 is 2.46 bits per heavy atom. The number of hydrogen-bond acceptors (Lipinski definition) is 2. The Labute approximate surface area is 79.1 Å². The number of carbonyl (C=O) groups is 1. The van der Waals surface area contributed by atoms with Gasteiger partial charge < -0.3 is 9.84 Å². The van der Waals surface area contributed by atoms with Crippen molar-refractivity contribution in [2.75, 3.05) is 7.11 Å². The molecule has 1 atom stereocenters. The minimum absolute atomic E-state index is 0.263. The van der Waals surface area contributed by atoms with Gasteiger partial charge >= 0.3 is 5.97 Å². The van der Waals surface area contributed by atoms with Gasteiger partial charge in [-0.1, -0.05) is 19.8 Å². The second-order valence-corrected chi connectivity index (χ2v) is 3.97. The summed E-state index contributed by atoms with van der Waals surface area (Å²) >= 11 is 0. The summed E-state index contributed by atoms with van der Waals surface area (Å²) in [5, 5.41) is 8.83. The number of carboxylic acid groups (broad SMARTS) is 1. The van der Waals surface area contributed by atoms with Gasteiger partial charge in [0.05, 0.1) is 0 Å². The van der Waals surface area contributed by atoms with E-state index in [-0.39, 0.29) is 5.41 Å². The first-order chi connectivity index (χ1) is 6.13. The topological polar surface area (TPSA) is 46.5 Å². The highest BCUT2D eigenvalue weighted by Gasteiger charge is 2.39. The number of methoxy groups -OCH3 is 1. The van der Waals surface area contributed by atoms with Crippen LogP contribution in [0.4, 0.5) is 0 Å². The Kier molecular flexibility index (Phi) is 3.31. The first-order valence-corrected chi connectivity index (χ1v) is 4.89. The van der Waals surface area contributed by atoms with Crippen LogP contribution in [-0.4, -0.2) is 24.3 Å². The van der Waals surface area contributed by atoms with Gasteiger partial charge in [0.25, 0.3) is 0 Å². The average molecular weight is 186 g/mol. The number of carboxylic acids is 1. The zero-order valence-electron chi connectivity index (χ0n) is 8.38. The SMILES string of the molecule is CCC1(CC(OC)C(=O)O)CCC1. The molecule has 0 aromatic carbocycles. The van der Waals surface area contributed by atoms with Gasteiger partial charge in [-0.25, -0.2) is 4.79 Å². The van der Waals surface area contributed by atoms with Crippen molar-refractivity contribution in [1.82, 2.24) is 0 Å². The van der Waals surface area contributed by atoms with E-state index in [1.165, 1.54) is 13.5 Å². The van der Waals surface area contributed by atoms with Gasteiger partial charge in [-0.05, 0) is 24.7 Å². The van der Waals surface area contributed by atoms with Crippen molar-refractivity contribution in [3.63, 3.8) is 0 Å². The summed E-state index contributed by atoms with van der Waals surface area (Å²) in [7, 11) is 1.47. The lowest BCUT2D eigenvalue weighted by molar-refractivity contribution is -0.151. The third-order valence-corrected chi connectivity index (χ3v) is 3.34. The average Bonchev–Trinajstić information content (AvgIpc) is 2.03. The molecule has 1 saturated carbocycles. The van der Waals surface area contributed by atoms with E-state index in [1.54, 1.807) is 0 Å². The molecule has 1 N–H and O–H groups in total. The second kappa shape index (κ2) is 4.09. The Bertz CT molecular complexity index is 179. The maximum Gasteiger partial charge on any atom is 0.332 e. The van der Waals surface area contributed by atoms with Gasteiger partial charge in [-0.2, -0.15) is 0 Å². The monoisotopic (exact) mass is 186 g/mol. The van der Waals surface area contributed by atoms with Crippen LogP contribution in [0.15, 0.2) is 0 Å². The zero-order valence-corrected chi connectivity index (χ0v) is 8.38. The minimum Gasteiger partial charge on any atom is -0.479 e. The molecule has 0 aromatic rings. The van der Waals surface area contributed by atoms with Crippen molar-refractivity contribution in [3.05, 3.63) is 0 Å². The van der Waals surface area contributed by atoms with Crippen LogP contribution in [0.2, 0.25) is 0 Å². The number of hydrogen-bond donors (Lipinski definition) is 1. The van der Waals surface area contributed by atoms with E-state index in [0.29, 0.717) is 6.42 Å². The predicted molar refractivity (Wildman–Crippen MR) is 49.6 cm³/mol. The first-order valence-electron chi connectivity index (χ1n) is 4.89. The molecule has 0 saturated heterocycles. The highest BCUT2D eigenvalue weighted by atomic mass is 16.5. The van der Waals surface area contributed by atoms with Crippen LogP contribution in [0.5, 0.6) is 0 Å². The van der Waals surface area contributed by atoms with Crippen LogP contribution in [0.25, 0.3) is 0 Å². The highest BCUT2D eigenvalue weighted by molar-refractivity contribution is 5.72. The van der Waals surface area contributed by atoms with E-state index in [1.807, 2.05) is 0 Å². The van der Waals surface area contributed by atoms with Crippen molar-refractivity contribution in [2.45, 2.75) is 45.1 Å². The molecule has 0 heterocycles. The summed E-state index contributed by atoms with van der Waals surface area (Å²) in [6.07, 6.45) is 4.70. The molecule has 0 amide bonds. The molecule has 3 nitrogen and oxygen atoms in total. The van der Waals surface area contributed by atoms with Gasteiger partial charge in [0, 0.05) is 7.11 Å². The number of rotatable bonds is 5. The van der Waals surface area contributed by atoms with E-state index < -0.39 is 12.1 Å². The van der Waals surface area contributed by atoms with Crippen LogP contribution in [0, 0.1) is 5.41 Å². The van der Waals surface area contributed by atoms with Crippen molar-refractivity contribution >= 4 is 5.97 Å². The molecule has 1 unspecified atom stereocenters. The molecule has 0 radical (unpaired) electrons. The van der Waals surface area contributed by atoms with Crippen LogP contribution in [-0.2, 0) is 9.53 Å². The van der Waals surface area contributed by atoms with Crippen LogP contribution in [0.3, 0.4) is 0 Å². The summed E-state index contributed by atoms with van der Waals surface area (Å²) < 4.78 is 4.95. The standard InChI is InChI=1S/C10H18O3/c1-3-10(5-4-6-10)7-8(13-2)9(11)12/h8H,3-7H2,1-2H3,(H,11,12). The molecule has 1 aliphatic rings. The second-order valence-electron chi connectivity index (χ2n) is 3.97. The molecule has 1 rings (SSSR count). The fourth-order valence-corrected chi connectivity index (χ4v) is 2.04. The van der Waals surface area contributed by atoms with Crippen molar-refractivity contribution in [2.24, 2.45) is 5.41 Å². The first kappa shape index (κ1) is 10.5. The van der Waals surface area contributed by atoms with Crippen LogP contribution < -0.4 is 0 Å². The van der Waals surface area contributed by atoms with Gasteiger partial charge in [-0.15, -0.1) is 0 Å². The van der Waals surface area contributed by atoms with Gasteiger partial charge in [0.1, 0.15) is 0 Å². The third-order valence-electron chi connectivity index (χ3n) is 3.34. The van der Waals surface area contributed by atoms with E-state index in [0.717, 1.165) is 19.3 Å². The number of ether oxygens (including phenoxy) is 1. The molecule has 13 heavy (non-hydrogen) atoms. The summed E-state index contributed by atoms with van der Waals surface area (Å²) in [5.41, 5.74) is 0.263. The van der Waals surface area contributed by atoms with E-state index in [9.17, 15) is 4.79 Å². The lowest BCUT2D eigenvalue weighted by atomic mass is 9.64. The third kappa shape index (κ3) is 2.21. The fourth-order valence-electron chi connectivity index (χ4n) is 2.04. The molecule has 0 spiro atoms. The number of aliphatic carboxylic acids is 1. The lowest BCUT2D eigenvalue weighted by Gasteiger charge is -2.42. The normalized spacial score (nSPS) is 22.0. The van der Waals surface area contributed by atoms with Gasteiger partial charge in [0.2, 0.25) is 0 Å². The summed E-state index contributed by atoms with van der Waals surface area (Å²) in [5.74, 6) is -0.831. The van der Waals surface area contributed by atoms with Crippen molar-refractivity contribution in [3.8, 4) is 0 Å². The minimum atomic E-state index is -0.831. The maximum atomic E-state index is 10.7. The van der Waals surface area contributed by atoms with Gasteiger partial charge in [-0.3, -0.25) is 0 Å². The Hall–Kier alpha value is -0.570.